The van der Waals surface area contributed by atoms with Gasteiger partial charge in [0.2, 0.25) is 5.88 Å². The number of hydrogen-bond acceptors (Lipinski definition) is 9. The first kappa shape index (κ1) is 20.5. The molecule has 1 aromatic carbocycles. The molecule has 3 aromatic heterocycles. The number of aromatic nitrogens is 3. The summed E-state index contributed by atoms with van der Waals surface area (Å²) in [6.07, 6.45) is 2.72. The van der Waals surface area contributed by atoms with E-state index in [0.29, 0.717) is 16.7 Å². The molecule has 162 valence electrons. The number of nitrogens with zero attached hydrogens (tertiary/aromatic N) is 4. The molecule has 0 spiro atoms. The summed E-state index contributed by atoms with van der Waals surface area (Å²) in [5.74, 6) is 1.82. The molecule has 0 saturated carbocycles. The van der Waals surface area contributed by atoms with Crippen LogP contribution >= 0.6 is 22.9 Å². The first-order valence-electron chi connectivity index (χ1n) is 10.1. The Morgan fingerprint density at radius 2 is 2.09 bits per heavy atom. The Morgan fingerprint density at radius 1 is 1.19 bits per heavy atom. The first-order chi connectivity index (χ1) is 15.7. The predicted molar refractivity (Wildman–Crippen MR) is 125 cm³/mol. The van der Waals surface area contributed by atoms with Gasteiger partial charge in [-0.3, -0.25) is 4.99 Å². The van der Waals surface area contributed by atoms with Gasteiger partial charge in [-0.2, -0.15) is 0 Å². The van der Waals surface area contributed by atoms with Crippen LogP contribution in [0.15, 0.2) is 63.6 Å². The monoisotopic (exact) mass is 466 g/mol. The second-order valence-corrected chi connectivity index (χ2v) is 8.30. The van der Waals surface area contributed by atoms with E-state index in [1.807, 2.05) is 47.8 Å². The van der Waals surface area contributed by atoms with Crippen molar-refractivity contribution in [3.05, 3.63) is 64.8 Å². The van der Waals surface area contributed by atoms with E-state index in [2.05, 4.69) is 30.8 Å². The molecular formula is C22H19ClN6O2S. The molecule has 1 aliphatic rings. The Labute approximate surface area is 193 Å². The highest BCUT2D eigenvalue weighted by atomic mass is 35.5. The van der Waals surface area contributed by atoms with Crippen LogP contribution in [0.4, 0.5) is 5.13 Å². The van der Waals surface area contributed by atoms with E-state index in [1.165, 1.54) is 11.3 Å². The number of pyridine rings is 1. The molecule has 5 rings (SSSR count). The summed E-state index contributed by atoms with van der Waals surface area (Å²) in [5.41, 5.74) is 3.21. The summed E-state index contributed by atoms with van der Waals surface area (Å²) in [7, 11) is 0. The zero-order valence-electron chi connectivity index (χ0n) is 16.9. The van der Waals surface area contributed by atoms with Gasteiger partial charge < -0.3 is 19.9 Å². The number of benzene rings is 1. The molecule has 1 aliphatic heterocycles. The minimum Gasteiger partial charge on any atom is -0.469 e. The van der Waals surface area contributed by atoms with Gasteiger partial charge in [0.1, 0.15) is 5.69 Å². The van der Waals surface area contributed by atoms with E-state index in [1.54, 1.807) is 6.20 Å². The van der Waals surface area contributed by atoms with Crippen molar-refractivity contribution in [2.45, 2.75) is 13.0 Å². The van der Waals surface area contributed by atoms with Gasteiger partial charge in [0.15, 0.2) is 23.5 Å². The maximum atomic E-state index is 5.95. The third-order valence-corrected chi connectivity index (χ3v) is 5.73. The van der Waals surface area contributed by atoms with Crippen LogP contribution in [-0.2, 0) is 6.61 Å². The fraction of sp³-hybridized carbons (Fsp3) is 0.182. The summed E-state index contributed by atoms with van der Waals surface area (Å²) >= 11 is 7.45. The fourth-order valence-electron chi connectivity index (χ4n) is 3.15. The standard InChI is InChI=1S/C22H19ClN6O2S/c23-15-6-4-14(5-7-15)18-11-16(31-29-18)12-30-20-17(3-1-8-24-20)19-13-32-22(27-19)28-21-25-9-2-10-26-21/h1,3-8,11,13H,2,9-10,12H2,(H2,25,26,27,28). The Hall–Kier alpha value is -3.43. The number of aliphatic imine (C=N–C) groups is 1. The first-order valence-corrected chi connectivity index (χ1v) is 11.3. The van der Waals surface area contributed by atoms with Crippen LogP contribution in [-0.4, -0.2) is 34.2 Å². The van der Waals surface area contributed by atoms with E-state index < -0.39 is 0 Å². The average molecular weight is 467 g/mol. The zero-order valence-corrected chi connectivity index (χ0v) is 18.5. The highest BCUT2D eigenvalue weighted by Crippen LogP contribution is 2.31. The third kappa shape index (κ3) is 4.74. The van der Waals surface area contributed by atoms with Crippen molar-refractivity contribution in [3.8, 4) is 28.4 Å². The summed E-state index contributed by atoms with van der Waals surface area (Å²) in [6.45, 7) is 1.92. The number of guanidine groups is 1. The van der Waals surface area contributed by atoms with Crippen LogP contribution in [0.25, 0.3) is 22.5 Å². The van der Waals surface area contributed by atoms with Crippen LogP contribution in [0.1, 0.15) is 12.2 Å². The summed E-state index contributed by atoms with van der Waals surface area (Å²) < 4.78 is 11.4. The van der Waals surface area contributed by atoms with Gasteiger partial charge in [-0.05, 0) is 30.7 Å². The smallest absolute Gasteiger partial charge is 0.223 e. The second-order valence-electron chi connectivity index (χ2n) is 7.00. The summed E-state index contributed by atoms with van der Waals surface area (Å²) in [6, 6.07) is 13.0. The molecule has 0 radical (unpaired) electrons. The van der Waals surface area contributed by atoms with E-state index in [-0.39, 0.29) is 6.61 Å². The number of ether oxygens (including phenoxy) is 1. The largest absolute Gasteiger partial charge is 0.469 e. The Bertz CT molecular complexity index is 1240. The molecule has 0 atom stereocenters. The number of hydrogen-bond donors (Lipinski definition) is 2. The van der Waals surface area contributed by atoms with Gasteiger partial charge in [0.25, 0.3) is 0 Å². The van der Waals surface area contributed by atoms with E-state index >= 15 is 0 Å². The normalized spacial score (nSPS) is 13.3. The van der Waals surface area contributed by atoms with Crippen molar-refractivity contribution >= 4 is 34.0 Å². The van der Waals surface area contributed by atoms with Crippen LogP contribution in [0, 0.1) is 0 Å². The summed E-state index contributed by atoms with van der Waals surface area (Å²) in [5, 5.41) is 14.0. The number of rotatable bonds is 6. The van der Waals surface area contributed by atoms with Gasteiger partial charge in [0, 0.05) is 41.3 Å². The Kier molecular flexibility index (Phi) is 6.00. The maximum Gasteiger partial charge on any atom is 0.223 e. The van der Waals surface area contributed by atoms with Crippen LogP contribution in [0.2, 0.25) is 5.02 Å². The van der Waals surface area contributed by atoms with Crippen molar-refractivity contribution in [3.63, 3.8) is 0 Å². The van der Waals surface area contributed by atoms with Crippen molar-refractivity contribution in [1.82, 2.24) is 20.4 Å². The molecule has 0 saturated heterocycles. The van der Waals surface area contributed by atoms with Gasteiger partial charge in [-0.15, -0.1) is 11.3 Å². The summed E-state index contributed by atoms with van der Waals surface area (Å²) in [4.78, 5) is 13.5. The lowest BCUT2D eigenvalue weighted by molar-refractivity contribution is 0.243. The topological polar surface area (TPSA) is 97.5 Å². The lowest BCUT2D eigenvalue weighted by Gasteiger charge is -2.14. The van der Waals surface area contributed by atoms with E-state index in [4.69, 9.17) is 20.9 Å². The predicted octanol–water partition coefficient (Wildman–Crippen LogP) is 4.85. The molecule has 0 fully saturated rings. The molecule has 0 aliphatic carbocycles. The van der Waals surface area contributed by atoms with Crippen molar-refractivity contribution in [1.29, 1.82) is 0 Å². The fourth-order valence-corrected chi connectivity index (χ4v) is 3.99. The molecule has 32 heavy (non-hydrogen) atoms. The van der Waals surface area contributed by atoms with E-state index in [0.717, 1.165) is 53.1 Å². The van der Waals surface area contributed by atoms with E-state index in [9.17, 15) is 0 Å². The molecule has 4 aromatic rings. The van der Waals surface area contributed by atoms with Crippen LogP contribution < -0.4 is 15.4 Å². The van der Waals surface area contributed by atoms with Gasteiger partial charge in [-0.1, -0.05) is 28.9 Å². The maximum absolute atomic E-state index is 5.95. The SMILES string of the molecule is Clc1ccc(-c2cc(COc3ncccc3-c3csc(NC4=NCCCN4)n3)on2)cc1. The van der Waals surface area contributed by atoms with Crippen LogP contribution in [0.3, 0.4) is 0 Å². The highest BCUT2D eigenvalue weighted by Gasteiger charge is 2.14. The minimum absolute atomic E-state index is 0.195. The van der Waals surface area contributed by atoms with Crippen molar-refractivity contribution in [2.24, 2.45) is 4.99 Å². The van der Waals surface area contributed by atoms with Crippen molar-refractivity contribution < 1.29 is 9.26 Å². The number of thiazole rings is 1. The van der Waals surface area contributed by atoms with Crippen molar-refractivity contribution in [2.75, 3.05) is 18.4 Å². The highest BCUT2D eigenvalue weighted by molar-refractivity contribution is 7.14. The molecule has 8 nitrogen and oxygen atoms in total. The lowest BCUT2D eigenvalue weighted by atomic mass is 10.1. The molecule has 0 unspecified atom stereocenters. The number of nitrogens with one attached hydrogen (secondary N) is 2. The van der Waals surface area contributed by atoms with Crippen LogP contribution in [0.5, 0.6) is 5.88 Å². The quantitative estimate of drug-likeness (QED) is 0.419. The molecule has 0 amide bonds. The number of anilines is 1. The van der Waals surface area contributed by atoms with Gasteiger partial charge in [-0.25, -0.2) is 9.97 Å². The average Bonchev–Trinajstić information content (AvgIpc) is 3.49. The third-order valence-electron chi connectivity index (χ3n) is 4.72. The molecule has 10 heteroatoms. The molecule has 0 bridgehead atoms. The molecular weight excluding hydrogens is 448 g/mol. The van der Waals surface area contributed by atoms with Gasteiger partial charge >= 0.3 is 0 Å². The zero-order chi connectivity index (χ0) is 21.8. The van der Waals surface area contributed by atoms with Gasteiger partial charge in [0.05, 0.1) is 11.3 Å². The second kappa shape index (κ2) is 9.37. The number of halogens is 1. The Balaban J connectivity index is 1.28. The molecule has 2 N–H and O–H groups in total. The molecule has 4 heterocycles. The minimum atomic E-state index is 0.195. The lowest BCUT2D eigenvalue weighted by Crippen LogP contribution is -2.35. The Morgan fingerprint density at radius 3 is 2.94 bits per heavy atom.